The Labute approximate surface area is 249 Å². The molecule has 2 aliphatic rings. The van der Waals surface area contributed by atoms with Crippen LogP contribution in [-0.4, -0.2) is 49.5 Å². The maximum Gasteiger partial charge on any atom is 0.260 e. The van der Waals surface area contributed by atoms with Crippen molar-refractivity contribution in [2.75, 3.05) is 25.5 Å². The van der Waals surface area contributed by atoms with Gasteiger partial charge < -0.3 is 10.2 Å². The maximum absolute atomic E-state index is 14.1. The van der Waals surface area contributed by atoms with E-state index in [0.717, 1.165) is 60.1 Å². The summed E-state index contributed by atoms with van der Waals surface area (Å²) < 4.78 is 1.90. The molecule has 0 amide bonds. The van der Waals surface area contributed by atoms with E-state index in [4.69, 9.17) is 9.97 Å². The second kappa shape index (κ2) is 11.4. The van der Waals surface area contributed by atoms with Gasteiger partial charge in [0.15, 0.2) is 5.82 Å². The van der Waals surface area contributed by atoms with E-state index in [9.17, 15) is 4.79 Å². The molecule has 9 heteroatoms. The molecule has 1 saturated heterocycles. The molecular weight excluding hydrogens is 542 g/mol. The molecule has 2 fully saturated rings. The van der Waals surface area contributed by atoms with Gasteiger partial charge in [-0.15, -0.1) is 0 Å². The molecule has 8 nitrogen and oxygen atoms in total. The molecule has 1 unspecified atom stereocenters. The van der Waals surface area contributed by atoms with Gasteiger partial charge in [0.05, 0.1) is 5.56 Å². The van der Waals surface area contributed by atoms with Crippen molar-refractivity contribution in [2.45, 2.75) is 57.4 Å². The van der Waals surface area contributed by atoms with Gasteiger partial charge in [-0.05, 0) is 87.3 Å². The minimum atomic E-state index is -0.0455. The summed E-state index contributed by atoms with van der Waals surface area (Å²) in [5.74, 6) is 1.74. The van der Waals surface area contributed by atoms with E-state index in [1.54, 1.807) is 17.5 Å². The van der Waals surface area contributed by atoms with Crippen molar-refractivity contribution < 1.29 is 0 Å². The summed E-state index contributed by atoms with van der Waals surface area (Å²) in [5.41, 5.74) is 6.05. The highest BCUT2D eigenvalue weighted by Crippen LogP contribution is 2.33. The van der Waals surface area contributed by atoms with Crippen LogP contribution < -0.4 is 10.9 Å². The number of aromatic nitrogens is 5. The molecule has 0 bridgehead atoms. The summed E-state index contributed by atoms with van der Waals surface area (Å²) in [6, 6.07) is 12.7. The van der Waals surface area contributed by atoms with Crippen molar-refractivity contribution in [3.05, 3.63) is 81.2 Å². The molecule has 1 aliphatic heterocycles. The Hall–Kier alpha value is -3.95. The van der Waals surface area contributed by atoms with E-state index in [0.29, 0.717) is 28.9 Å². The Morgan fingerprint density at radius 3 is 2.52 bits per heavy atom. The van der Waals surface area contributed by atoms with Crippen molar-refractivity contribution in [3.63, 3.8) is 0 Å². The van der Waals surface area contributed by atoms with E-state index in [2.05, 4.69) is 51.5 Å². The smallest absolute Gasteiger partial charge is 0.260 e. The molecule has 42 heavy (non-hydrogen) atoms. The number of likely N-dealkylation sites (N-methyl/N-ethyl adjacent to an activating group) is 1. The number of aryl methyl sites for hydroxylation is 1. The highest BCUT2D eigenvalue weighted by atomic mass is 32.1. The number of nitrogens with one attached hydrogen (secondary N) is 1. The molecule has 1 saturated carbocycles. The number of fused-ring (bicyclic) bond motifs is 1. The molecule has 1 aliphatic carbocycles. The zero-order valence-electron chi connectivity index (χ0n) is 24.1. The standard InChI is InChI=1S/C33H35N7OS/c1-21-29(18-34-30(36-21)24-13-15-42-20-24)28-16-25-17-35-33(38-31(25)40(32(28)41)27-7-3-4-8-27)37-26-11-9-22(10-12-26)23-6-5-14-39(2)19-23/h9-13,15-18,20,23,27H,3-8,14,19H2,1-2H3,(H,35,37,38). The number of anilines is 2. The fourth-order valence-electron chi connectivity index (χ4n) is 6.54. The van der Waals surface area contributed by atoms with Crippen molar-refractivity contribution in [1.29, 1.82) is 0 Å². The number of pyridine rings is 1. The van der Waals surface area contributed by atoms with Gasteiger partial charge in [0.25, 0.3) is 5.56 Å². The quantitative estimate of drug-likeness (QED) is 0.234. The van der Waals surface area contributed by atoms with Crippen LogP contribution in [0.25, 0.3) is 33.5 Å². The monoisotopic (exact) mass is 577 g/mol. The molecule has 5 aromatic rings. The normalized spacial score (nSPS) is 18.1. The average molecular weight is 578 g/mol. The second-order valence-electron chi connectivity index (χ2n) is 11.7. The van der Waals surface area contributed by atoms with Crippen LogP contribution in [0.5, 0.6) is 0 Å². The predicted octanol–water partition coefficient (Wildman–Crippen LogP) is 6.95. The first-order valence-corrected chi connectivity index (χ1v) is 15.8. The molecule has 1 N–H and O–H groups in total. The van der Waals surface area contributed by atoms with Gasteiger partial charge >= 0.3 is 0 Å². The van der Waals surface area contributed by atoms with Crippen LogP contribution >= 0.6 is 11.3 Å². The largest absolute Gasteiger partial charge is 0.324 e. The number of likely N-dealkylation sites (tertiary alicyclic amines) is 1. The van der Waals surface area contributed by atoms with Crippen molar-refractivity contribution in [2.24, 2.45) is 0 Å². The summed E-state index contributed by atoms with van der Waals surface area (Å²) in [7, 11) is 2.20. The lowest BCUT2D eigenvalue weighted by atomic mass is 9.91. The van der Waals surface area contributed by atoms with Gasteiger partial charge in [-0.2, -0.15) is 16.3 Å². The van der Waals surface area contributed by atoms with Crippen molar-refractivity contribution >= 4 is 34.0 Å². The zero-order valence-corrected chi connectivity index (χ0v) is 24.9. The molecule has 214 valence electrons. The SMILES string of the molecule is Cc1nc(-c2ccsc2)ncc1-c1cc2cnc(Nc3ccc(C4CCCN(C)C4)cc3)nc2n(C2CCCC2)c1=O. The minimum Gasteiger partial charge on any atom is -0.324 e. The van der Waals surface area contributed by atoms with E-state index < -0.39 is 0 Å². The molecule has 1 atom stereocenters. The molecule has 4 aromatic heterocycles. The van der Waals surface area contributed by atoms with E-state index in [1.165, 1.54) is 24.9 Å². The van der Waals surface area contributed by atoms with E-state index >= 15 is 0 Å². The Morgan fingerprint density at radius 1 is 0.952 bits per heavy atom. The number of benzene rings is 1. The van der Waals surface area contributed by atoms with Gasteiger partial charge in [0.1, 0.15) is 5.65 Å². The van der Waals surface area contributed by atoms with Crippen LogP contribution in [-0.2, 0) is 0 Å². The van der Waals surface area contributed by atoms with E-state index in [-0.39, 0.29) is 11.6 Å². The maximum atomic E-state index is 14.1. The Balaban J connectivity index is 1.23. The summed E-state index contributed by atoms with van der Waals surface area (Å²) in [6.07, 6.45) is 10.2. The lowest BCUT2D eigenvalue weighted by molar-refractivity contribution is 0.251. The first-order chi connectivity index (χ1) is 20.5. The first-order valence-electron chi connectivity index (χ1n) is 14.9. The number of piperidine rings is 1. The van der Waals surface area contributed by atoms with Crippen LogP contribution in [0.3, 0.4) is 0 Å². The fourth-order valence-corrected chi connectivity index (χ4v) is 7.18. The number of hydrogen-bond donors (Lipinski definition) is 1. The van der Waals surface area contributed by atoms with Crippen LogP contribution in [0.2, 0.25) is 0 Å². The van der Waals surface area contributed by atoms with E-state index in [1.807, 2.05) is 40.6 Å². The van der Waals surface area contributed by atoms with Crippen molar-refractivity contribution in [3.8, 4) is 22.5 Å². The summed E-state index contributed by atoms with van der Waals surface area (Å²) in [6.45, 7) is 4.22. The van der Waals surface area contributed by atoms with Crippen LogP contribution in [0.4, 0.5) is 11.6 Å². The van der Waals surface area contributed by atoms with Gasteiger partial charge in [-0.1, -0.05) is 25.0 Å². The molecule has 5 heterocycles. The van der Waals surface area contributed by atoms with Crippen LogP contribution in [0, 0.1) is 6.92 Å². The minimum absolute atomic E-state index is 0.0455. The highest BCUT2D eigenvalue weighted by molar-refractivity contribution is 7.08. The summed E-state index contributed by atoms with van der Waals surface area (Å²) >= 11 is 1.61. The fraction of sp³-hybridized carbons (Fsp3) is 0.364. The Bertz CT molecular complexity index is 1780. The van der Waals surface area contributed by atoms with Gasteiger partial charge in [0.2, 0.25) is 5.95 Å². The molecule has 1 aromatic carbocycles. The third-order valence-electron chi connectivity index (χ3n) is 8.77. The van der Waals surface area contributed by atoms with Gasteiger partial charge in [-0.25, -0.2) is 15.0 Å². The Kier molecular flexibility index (Phi) is 7.29. The number of nitrogens with zero attached hydrogens (tertiary/aromatic N) is 6. The number of hydrogen-bond acceptors (Lipinski definition) is 8. The summed E-state index contributed by atoms with van der Waals surface area (Å²) in [4.78, 5) is 35.5. The average Bonchev–Trinajstić information content (AvgIpc) is 3.73. The van der Waals surface area contributed by atoms with Crippen LogP contribution in [0.15, 0.2) is 64.3 Å². The van der Waals surface area contributed by atoms with Gasteiger partial charge in [0, 0.05) is 58.3 Å². The molecule has 0 spiro atoms. The third-order valence-corrected chi connectivity index (χ3v) is 9.46. The number of thiophene rings is 1. The predicted molar refractivity (Wildman–Crippen MR) is 170 cm³/mol. The second-order valence-corrected chi connectivity index (χ2v) is 12.5. The van der Waals surface area contributed by atoms with Crippen LogP contribution in [0.1, 0.15) is 61.7 Å². The molecule has 7 rings (SSSR count). The topological polar surface area (TPSA) is 88.8 Å². The number of rotatable bonds is 6. The lowest BCUT2D eigenvalue weighted by Gasteiger charge is -2.30. The van der Waals surface area contributed by atoms with Crippen molar-refractivity contribution in [1.82, 2.24) is 29.4 Å². The molecular formula is C33H35N7OS. The Morgan fingerprint density at radius 2 is 1.79 bits per heavy atom. The van der Waals surface area contributed by atoms with Gasteiger partial charge in [-0.3, -0.25) is 9.36 Å². The zero-order chi connectivity index (χ0) is 28.6. The highest BCUT2D eigenvalue weighted by Gasteiger charge is 2.24. The third kappa shape index (κ3) is 5.23. The first kappa shape index (κ1) is 26.9. The lowest BCUT2D eigenvalue weighted by Crippen LogP contribution is -2.30. The molecule has 0 radical (unpaired) electrons. The summed E-state index contributed by atoms with van der Waals surface area (Å²) in [5, 5.41) is 8.26.